The van der Waals surface area contributed by atoms with Crippen LogP contribution in [0.3, 0.4) is 0 Å². The Hall–Kier alpha value is -1.75. The number of alkyl carbamates (subject to hydrolysis) is 1. The number of nitrogens with one attached hydrogen (secondary N) is 1. The van der Waals surface area contributed by atoms with Gasteiger partial charge < -0.3 is 39.5 Å². The van der Waals surface area contributed by atoms with Gasteiger partial charge in [0.15, 0.2) is 0 Å². The van der Waals surface area contributed by atoms with E-state index in [0.717, 1.165) is 5.56 Å². The first-order valence-electron chi connectivity index (χ1n) is 9.86. The molecule has 0 spiro atoms. The molecule has 0 heterocycles. The summed E-state index contributed by atoms with van der Waals surface area (Å²) in [6, 6.07) is 9.51. The first-order valence-corrected chi connectivity index (χ1v) is 9.86. The highest BCUT2D eigenvalue weighted by molar-refractivity contribution is 5.67. The van der Waals surface area contributed by atoms with Gasteiger partial charge in [-0.3, -0.25) is 0 Å². The monoisotopic (exact) mass is 414 g/mol. The fourth-order valence-electron chi connectivity index (χ4n) is 2.06. The summed E-state index contributed by atoms with van der Waals surface area (Å²) in [5.74, 6) is 0. The molecule has 0 saturated carbocycles. The standard InChI is InChI=1S/C20H34N2O7/c21-6-8-24-10-12-26-14-16-28-17-15-27-13-11-25-9-7-22-20(23)29-18-19-4-2-1-3-5-19/h1-5H,6-18,21H2,(H,22,23). The molecule has 0 bridgehead atoms. The van der Waals surface area contributed by atoms with Crippen molar-refractivity contribution in [2.45, 2.75) is 6.61 Å². The molecule has 1 rings (SSSR count). The van der Waals surface area contributed by atoms with Gasteiger partial charge in [-0.15, -0.1) is 0 Å². The quantitative estimate of drug-likeness (QED) is 0.322. The fraction of sp³-hybridized carbons (Fsp3) is 0.650. The lowest BCUT2D eigenvalue weighted by Gasteiger charge is -2.09. The largest absolute Gasteiger partial charge is 0.445 e. The van der Waals surface area contributed by atoms with E-state index in [9.17, 15) is 4.79 Å². The zero-order valence-corrected chi connectivity index (χ0v) is 17.0. The van der Waals surface area contributed by atoms with Crippen molar-refractivity contribution in [1.82, 2.24) is 5.32 Å². The molecule has 1 amide bonds. The van der Waals surface area contributed by atoms with Crippen molar-refractivity contribution in [2.24, 2.45) is 5.73 Å². The highest BCUT2D eigenvalue weighted by Gasteiger charge is 2.01. The van der Waals surface area contributed by atoms with E-state index < -0.39 is 6.09 Å². The van der Waals surface area contributed by atoms with Crippen LogP contribution in [0.4, 0.5) is 4.79 Å². The van der Waals surface area contributed by atoms with Crippen LogP contribution in [-0.2, 0) is 35.0 Å². The topological polar surface area (TPSA) is 111 Å². The predicted molar refractivity (Wildman–Crippen MR) is 108 cm³/mol. The van der Waals surface area contributed by atoms with Crippen molar-refractivity contribution in [2.75, 3.05) is 79.2 Å². The molecular weight excluding hydrogens is 380 g/mol. The van der Waals surface area contributed by atoms with Gasteiger partial charge in [0.2, 0.25) is 0 Å². The Morgan fingerprint density at radius 2 is 1.21 bits per heavy atom. The summed E-state index contributed by atoms with van der Waals surface area (Å²) in [5, 5.41) is 2.63. The lowest BCUT2D eigenvalue weighted by atomic mass is 10.2. The summed E-state index contributed by atoms with van der Waals surface area (Å²) in [7, 11) is 0. The van der Waals surface area contributed by atoms with Crippen LogP contribution >= 0.6 is 0 Å². The summed E-state index contributed by atoms with van der Waals surface area (Å²) in [6.45, 7) is 6.14. The predicted octanol–water partition coefficient (Wildman–Crippen LogP) is 0.955. The molecule has 9 nitrogen and oxygen atoms in total. The Morgan fingerprint density at radius 3 is 1.72 bits per heavy atom. The minimum Gasteiger partial charge on any atom is -0.445 e. The second kappa shape index (κ2) is 19.6. The van der Waals surface area contributed by atoms with E-state index in [1.165, 1.54) is 0 Å². The fourth-order valence-corrected chi connectivity index (χ4v) is 2.06. The summed E-state index contributed by atoms with van der Waals surface area (Å²) in [5.41, 5.74) is 6.25. The van der Waals surface area contributed by atoms with E-state index >= 15 is 0 Å². The lowest BCUT2D eigenvalue weighted by molar-refractivity contribution is -0.0103. The molecule has 0 aliphatic carbocycles. The lowest BCUT2D eigenvalue weighted by Crippen LogP contribution is -2.28. The number of ether oxygens (including phenoxy) is 6. The maximum absolute atomic E-state index is 11.5. The van der Waals surface area contributed by atoms with Crippen molar-refractivity contribution >= 4 is 6.09 Å². The third-order valence-electron chi connectivity index (χ3n) is 3.48. The second-order valence-corrected chi connectivity index (χ2v) is 5.84. The third kappa shape index (κ3) is 16.9. The van der Waals surface area contributed by atoms with Crippen molar-refractivity contribution in [3.8, 4) is 0 Å². The van der Waals surface area contributed by atoms with Gasteiger partial charge in [-0.2, -0.15) is 0 Å². The van der Waals surface area contributed by atoms with Gasteiger partial charge in [-0.1, -0.05) is 30.3 Å². The molecule has 0 atom stereocenters. The van der Waals surface area contributed by atoms with Crippen molar-refractivity contribution in [3.63, 3.8) is 0 Å². The van der Waals surface area contributed by atoms with Crippen molar-refractivity contribution in [3.05, 3.63) is 35.9 Å². The number of nitrogens with two attached hydrogens (primary N) is 1. The molecular formula is C20H34N2O7. The first kappa shape index (κ1) is 25.3. The maximum Gasteiger partial charge on any atom is 0.407 e. The van der Waals surface area contributed by atoms with Crippen LogP contribution in [0.25, 0.3) is 0 Å². The van der Waals surface area contributed by atoms with E-state index in [0.29, 0.717) is 79.2 Å². The van der Waals surface area contributed by atoms with Gasteiger partial charge in [-0.05, 0) is 5.56 Å². The summed E-state index contributed by atoms with van der Waals surface area (Å²) in [6.07, 6.45) is -0.460. The third-order valence-corrected chi connectivity index (χ3v) is 3.48. The zero-order valence-electron chi connectivity index (χ0n) is 17.0. The number of carbonyl (C=O) groups excluding carboxylic acids is 1. The van der Waals surface area contributed by atoms with Gasteiger partial charge in [0.1, 0.15) is 6.61 Å². The maximum atomic E-state index is 11.5. The smallest absolute Gasteiger partial charge is 0.407 e. The number of rotatable bonds is 19. The number of hydrogen-bond donors (Lipinski definition) is 2. The van der Waals surface area contributed by atoms with E-state index in [1.807, 2.05) is 30.3 Å². The Bertz CT molecular complexity index is 491. The SMILES string of the molecule is NCCOCCOCCOCCOCCOCCNC(=O)OCc1ccccc1. The van der Waals surface area contributed by atoms with Gasteiger partial charge in [0.25, 0.3) is 0 Å². The average molecular weight is 414 g/mol. The molecule has 0 aliphatic heterocycles. The van der Waals surface area contributed by atoms with E-state index in [-0.39, 0.29) is 6.61 Å². The van der Waals surface area contributed by atoms with Crippen LogP contribution in [-0.4, -0.2) is 85.3 Å². The van der Waals surface area contributed by atoms with Crippen LogP contribution in [0.2, 0.25) is 0 Å². The Morgan fingerprint density at radius 1 is 0.724 bits per heavy atom. The minimum absolute atomic E-state index is 0.249. The molecule has 0 unspecified atom stereocenters. The molecule has 29 heavy (non-hydrogen) atoms. The molecule has 0 radical (unpaired) electrons. The zero-order chi connectivity index (χ0) is 20.8. The molecule has 9 heteroatoms. The van der Waals surface area contributed by atoms with Crippen LogP contribution < -0.4 is 11.1 Å². The molecule has 1 aromatic carbocycles. The Balaban J connectivity index is 1.74. The molecule has 3 N–H and O–H groups in total. The number of benzene rings is 1. The van der Waals surface area contributed by atoms with E-state index in [4.69, 9.17) is 34.2 Å². The molecule has 1 aromatic rings. The number of hydrogen-bond acceptors (Lipinski definition) is 8. The molecule has 0 fully saturated rings. The Kier molecular flexibility index (Phi) is 17.1. The van der Waals surface area contributed by atoms with E-state index in [2.05, 4.69) is 5.32 Å². The highest BCUT2D eigenvalue weighted by atomic mass is 16.6. The molecule has 166 valence electrons. The Labute approximate surface area is 172 Å². The normalized spacial score (nSPS) is 10.8. The highest BCUT2D eigenvalue weighted by Crippen LogP contribution is 2.00. The first-order chi connectivity index (χ1) is 14.3. The van der Waals surface area contributed by atoms with Crippen molar-refractivity contribution < 1.29 is 33.2 Å². The van der Waals surface area contributed by atoms with Gasteiger partial charge in [0, 0.05) is 13.1 Å². The summed E-state index contributed by atoms with van der Waals surface area (Å²) >= 11 is 0. The molecule has 0 aromatic heterocycles. The van der Waals surface area contributed by atoms with Gasteiger partial charge in [-0.25, -0.2) is 4.79 Å². The van der Waals surface area contributed by atoms with Crippen LogP contribution in [0, 0.1) is 0 Å². The number of carbonyl (C=O) groups is 1. The van der Waals surface area contributed by atoms with E-state index in [1.54, 1.807) is 0 Å². The minimum atomic E-state index is -0.460. The van der Waals surface area contributed by atoms with Crippen molar-refractivity contribution in [1.29, 1.82) is 0 Å². The van der Waals surface area contributed by atoms with Crippen LogP contribution in [0.15, 0.2) is 30.3 Å². The summed E-state index contributed by atoms with van der Waals surface area (Å²) < 4.78 is 31.7. The molecule has 0 aliphatic rings. The van der Waals surface area contributed by atoms with Crippen LogP contribution in [0.5, 0.6) is 0 Å². The number of amides is 1. The average Bonchev–Trinajstić information content (AvgIpc) is 2.75. The van der Waals surface area contributed by atoms with Gasteiger partial charge >= 0.3 is 6.09 Å². The summed E-state index contributed by atoms with van der Waals surface area (Å²) in [4.78, 5) is 11.5. The van der Waals surface area contributed by atoms with Crippen LogP contribution in [0.1, 0.15) is 5.56 Å². The molecule has 0 saturated heterocycles. The van der Waals surface area contributed by atoms with Gasteiger partial charge in [0.05, 0.1) is 66.1 Å². The second-order valence-electron chi connectivity index (χ2n) is 5.84.